The molecule has 0 unspecified atom stereocenters. The Labute approximate surface area is 139 Å². The molecule has 0 saturated heterocycles. The molecule has 0 fully saturated rings. The van der Waals surface area contributed by atoms with Gasteiger partial charge < -0.3 is 15.2 Å². The number of aryl methyl sites for hydroxylation is 3. The smallest absolute Gasteiger partial charge is 0.224 e. The zero-order chi connectivity index (χ0) is 17.1. The number of carbonyl (C=O) groups excluding carboxylic acids is 1. The number of fused-ring (bicyclic) bond motifs is 1. The highest BCUT2D eigenvalue weighted by Crippen LogP contribution is 2.26. The van der Waals surface area contributed by atoms with E-state index in [0.29, 0.717) is 6.54 Å². The normalized spacial score (nSPS) is 12.8. The Morgan fingerprint density at radius 1 is 1.30 bits per heavy atom. The van der Waals surface area contributed by atoms with Crippen molar-refractivity contribution in [1.82, 2.24) is 15.2 Å². The maximum Gasteiger partial charge on any atom is 0.224 e. The summed E-state index contributed by atoms with van der Waals surface area (Å²) in [6, 6.07) is 4.38. The Kier molecular flexibility index (Phi) is 5.47. The van der Waals surface area contributed by atoms with Gasteiger partial charge in [-0.15, -0.1) is 0 Å². The number of amides is 1. The van der Waals surface area contributed by atoms with Crippen LogP contribution in [0.5, 0.6) is 0 Å². The Morgan fingerprint density at radius 3 is 2.61 bits per heavy atom. The van der Waals surface area contributed by atoms with Gasteiger partial charge in [-0.3, -0.25) is 4.79 Å². The Balaban J connectivity index is 2.21. The first kappa shape index (κ1) is 17.5. The summed E-state index contributed by atoms with van der Waals surface area (Å²) in [5.41, 5.74) is 6.14. The van der Waals surface area contributed by atoms with Gasteiger partial charge in [-0.1, -0.05) is 25.5 Å². The molecule has 2 aromatic rings. The average molecular weight is 315 g/mol. The fourth-order valence-corrected chi connectivity index (χ4v) is 3.19. The summed E-state index contributed by atoms with van der Waals surface area (Å²) in [4.78, 5) is 17.8. The molecule has 126 valence electrons. The van der Waals surface area contributed by atoms with Gasteiger partial charge in [-0.2, -0.15) is 0 Å². The van der Waals surface area contributed by atoms with E-state index in [2.05, 4.69) is 43.2 Å². The summed E-state index contributed by atoms with van der Waals surface area (Å²) in [6.07, 6.45) is 0.991. The number of hydrogen-bond acceptors (Lipinski definition) is 2. The quantitative estimate of drug-likeness (QED) is 0.860. The van der Waals surface area contributed by atoms with Gasteiger partial charge in [-0.25, -0.2) is 0 Å². The van der Waals surface area contributed by atoms with Crippen LogP contribution in [0.15, 0.2) is 12.1 Å². The van der Waals surface area contributed by atoms with Crippen LogP contribution in [0.2, 0.25) is 0 Å². The second-order valence-electron chi connectivity index (χ2n) is 6.81. The van der Waals surface area contributed by atoms with Crippen molar-refractivity contribution in [2.45, 2.75) is 40.7 Å². The number of hydrogen-bond donors (Lipinski definition) is 2. The van der Waals surface area contributed by atoms with E-state index in [1.165, 1.54) is 22.2 Å². The van der Waals surface area contributed by atoms with Crippen LogP contribution in [-0.2, 0) is 17.8 Å². The lowest BCUT2D eigenvalue weighted by Gasteiger charge is -2.17. The highest BCUT2D eigenvalue weighted by atomic mass is 16.1. The van der Waals surface area contributed by atoms with Crippen LogP contribution >= 0.6 is 0 Å². The Morgan fingerprint density at radius 2 is 2.00 bits per heavy atom. The van der Waals surface area contributed by atoms with Crippen molar-refractivity contribution in [1.29, 1.82) is 0 Å². The van der Waals surface area contributed by atoms with E-state index in [4.69, 9.17) is 0 Å². The first-order chi connectivity index (χ1) is 10.8. The van der Waals surface area contributed by atoms with Crippen molar-refractivity contribution in [2.24, 2.45) is 5.92 Å². The molecule has 1 heterocycles. The molecule has 0 aliphatic carbocycles. The molecule has 0 spiro atoms. The third kappa shape index (κ3) is 3.94. The highest BCUT2D eigenvalue weighted by molar-refractivity contribution is 5.88. The molecule has 1 aromatic heterocycles. The van der Waals surface area contributed by atoms with Crippen molar-refractivity contribution in [3.8, 4) is 0 Å². The van der Waals surface area contributed by atoms with E-state index >= 15 is 0 Å². The van der Waals surface area contributed by atoms with Crippen LogP contribution in [0.3, 0.4) is 0 Å². The van der Waals surface area contributed by atoms with Gasteiger partial charge in [0.15, 0.2) is 0 Å². The number of benzene rings is 1. The molecule has 0 bridgehead atoms. The van der Waals surface area contributed by atoms with Crippen LogP contribution in [0.4, 0.5) is 0 Å². The lowest BCUT2D eigenvalue weighted by molar-refractivity contribution is -0.125. The SMILES string of the molecule is CCc1[nH]c2c(CNC(=O)[C@@H](C)CN(C)C)cc(C)cc2c1C. The maximum atomic E-state index is 12.3. The lowest BCUT2D eigenvalue weighted by atomic mass is 10.0. The van der Waals surface area contributed by atoms with Gasteiger partial charge in [0.05, 0.1) is 5.52 Å². The lowest BCUT2D eigenvalue weighted by Crippen LogP contribution is -2.34. The molecule has 0 saturated carbocycles. The molecule has 2 N–H and O–H groups in total. The molecule has 2 rings (SSSR count). The van der Waals surface area contributed by atoms with E-state index in [1.807, 2.05) is 25.9 Å². The fraction of sp³-hybridized carbons (Fsp3) is 0.526. The first-order valence-corrected chi connectivity index (χ1v) is 8.36. The minimum atomic E-state index is -0.0121. The molecule has 23 heavy (non-hydrogen) atoms. The number of carbonyl (C=O) groups is 1. The Hall–Kier alpha value is -1.81. The summed E-state index contributed by atoms with van der Waals surface area (Å²) < 4.78 is 0. The summed E-state index contributed by atoms with van der Waals surface area (Å²) >= 11 is 0. The minimum Gasteiger partial charge on any atom is -0.358 e. The van der Waals surface area contributed by atoms with Gasteiger partial charge in [0.2, 0.25) is 5.91 Å². The van der Waals surface area contributed by atoms with Crippen molar-refractivity contribution in [3.63, 3.8) is 0 Å². The molecular formula is C19H29N3O. The predicted octanol–water partition coefficient (Wildman–Crippen LogP) is 3.16. The number of aromatic amines is 1. The largest absolute Gasteiger partial charge is 0.358 e. The van der Waals surface area contributed by atoms with Crippen LogP contribution in [0.1, 0.15) is 36.2 Å². The number of nitrogens with zero attached hydrogens (tertiary/aromatic N) is 1. The zero-order valence-electron chi connectivity index (χ0n) is 15.2. The molecular weight excluding hydrogens is 286 g/mol. The van der Waals surface area contributed by atoms with E-state index in [-0.39, 0.29) is 11.8 Å². The van der Waals surface area contributed by atoms with Crippen molar-refractivity contribution in [2.75, 3.05) is 20.6 Å². The molecule has 1 aromatic carbocycles. The van der Waals surface area contributed by atoms with Crippen LogP contribution < -0.4 is 5.32 Å². The van der Waals surface area contributed by atoms with Gasteiger partial charge in [0, 0.05) is 30.1 Å². The fourth-order valence-electron chi connectivity index (χ4n) is 3.19. The van der Waals surface area contributed by atoms with Gasteiger partial charge >= 0.3 is 0 Å². The summed E-state index contributed by atoms with van der Waals surface area (Å²) in [7, 11) is 3.98. The predicted molar refractivity (Wildman–Crippen MR) is 96.7 cm³/mol. The van der Waals surface area contributed by atoms with E-state index in [0.717, 1.165) is 24.0 Å². The van der Waals surface area contributed by atoms with Crippen molar-refractivity contribution < 1.29 is 4.79 Å². The summed E-state index contributed by atoms with van der Waals surface area (Å²) in [5.74, 6) is 0.0919. The van der Waals surface area contributed by atoms with Gasteiger partial charge in [-0.05, 0) is 51.6 Å². The molecule has 1 atom stereocenters. The molecule has 0 aliphatic rings. The van der Waals surface area contributed by atoms with Crippen molar-refractivity contribution in [3.05, 3.63) is 34.5 Å². The zero-order valence-corrected chi connectivity index (χ0v) is 15.2. The average Bonchev–Trinajstić information content (AvgIpc) is 2.80. The highest BCUT2D eigenvalue weighted by Gasteiger charge is 2.15. The van der Waals surface area contributed by atoms with Crippen LogP contribution in [0.25, 0.3) is 10.9 Å². The van der Waals surface area contributed by atoms with E-state index in [9.17, 15) is 4.79 Å². The van der Waals surface area contributed by atoms with E-state index in [1.54, 1.807) is 0 Å². The number of H-pyrrole nitrogens is 1. The molecule has 4 nitrogen and oxygen atoms in total. The molecule has 1 amide bonds. The number of aromatic nitrogens is 1. The van der Waals surface area contributed by atoms with Crippen LogP contribution in [0, 0.1) is 19.8 Å². The number of nitrogens with one attached hydrogen (secondary N) is 2. The maximum absolute atomic E-state index is 12.3. The molecule has 4 heteroatoms. The summed E-state index contributed by atoms with van der Waals surface area (Å²) in [6.45, 7) is 9.73. The topological polar surface area (TPSA) is 48.1 Å². The van der Waals surface area contributed by atoms with Gasteiger partial charge in [0.1, 0.15) is 0 Å². The monoisotopic (exact) mass is 315 g/mol. The second-order valence-corrected chi connectivity index (χ2v) is 6.81. The Bertz CT molecular complexity index is 700. The number of rotatable bonds is 6. The third-order valence-electron chi connectivity index (χ3n) is 4.39. The minimum absolute atomic E-state index is 0.0121. The second kappa shape index (κ2) is 7.18. The van der Waals surface area contributed by atoms with Crippen LogP contribution in [-0.4, -0.2) is 36.4 Å². The first-order valence-electron chi connectivity index (χ1n) is 8.36. The molecule has 0 radical (unpaired) electrons. The van der Waals surface area contributed by atoms with Crippen molar-refractivity contribution >= 4 is 16.8 Å². The summed E-state index contributed by atoms with van der Waals surface area (Å²) in [5, 5.41) is 4.36. The standard InChI is InChI=1S/C19H29N3O/c1-7-17-14(4)16-9-12(2)8-15(18(16)21-17)10-20-19(23)13(3)11-22(5)6/h8-9,13,21H,7,10-11H2,1-6H3,(H,20,23)/t13-/m0/s1. The third-order valence-corrected chi connectivity index (χ3v) is 4.39. The molecule has 0 aliphatic heterocycles. The van der Waals surface area contributed by atoms with E-state index < -0.39 is 0 Å². The van der Waals surface area contributed by atoms with Gasteiger partial charge in [0.25, 0.3) is 0 Å².